The maximum Gasteiger partial charge on any atom is 0.195 e. The van der Waals surface area contributed by atoms with Crippen molar-refractivity contribution in [3.05, 3.63) is 417 Å². The van der Waals surface area contributed by atoms with Crippen LogP contribution in [-0.4, -0.2) is 11.6 Å². The number of ketones is 2. The molecule has 14 rings (SSSR count). The number of carbonyl (C=O) groups is 2. The molecule has 0 saturated heterocycles. The van der Waals surface area contributed by atoms with Crippen molar-refractivity contribution < 1.29 is 14.3 Å². The lowest BCUT2D eigenvalue weighted by Crippen LogP contribution is -2.02. The Balaban J connectivity index is 0.826. The molecule has 0 fully saturated rings. The minimum absolute atomic E-state index is 0.0809. The van der Waals surface area contributed by atoms with E-state index in [0.29, 0.717) is 33.8 Å². The summed E-state index contributed by atoms with van der Waals surface area (Å²) in [4.78, 5) is 31.1. The molecule has 0 unspecified atom stereocenters. The first-order chi connectivity index (χ1) is 45.9. The highest BCUT2D eigenvalue weighted by Gasteiger charge is 2.37. The zero-order chi connectivity index (χ0) is 62.7. The van der Waals surface area contributed by atoms with Crippen LogP contribution in [0.4, 0.5) is 0 Å². The van der Waals surface area contributed by atoms with Gasteiger partial charge in [0.15, 0.2) is 11.6 Å². The van der Waals surface area contributed by atoms with E-state index in [9.17, 15) is 0 Å². The fraction of sp³-hybridized carbons (Fsp3) is 0. The second kappa shape index (κ2) is 26.8. The van der Waals surface area contributed by atoms with E-state index in [1.54, 1.807) is 0 Å². The van der Waals surface area contributed by atoms with Gasteiger partial charge in [-0.15, -0.1) is 0 Å². The van der Waals surface area contributed by atoms with Crippen LogP contribution in [0.5, 0.6) is 11.5 Å². The van der Waals surface area contributed by atoms with Gasteiger partial charge in [0.05, 0.1) is 0 Å². The molecule has 0 aromatic heterocycles. The van der Waals surface area contributed by atoms with Gasteiger partial charge in [-0.3, -0.25) is 9.59 Å². The topological polar surface area (TPSA) is 43.4 Å². The lowest BCUT2D eigenvalue weighted by molar-refractivity contribution is -0.109. The lowest BCUT2D eigenvalue weighted by atomic mass is 9.89. The van der Waals surface area contributed by atoms with Gasteiger partial charge in [0.25, 0.3) is 0 Å². The molecule has 0 saturated carbocycles. The molecular weight excluding hydrogens is 1130 g/mol. The van der Waals surface area contributed by atoms with Crippen LogP contribution >= 0.6 is 0 Å². The number of rotatable bonds is 10. The highest BCUT2D eigenvalue weighted by Crippen LogP contribution is 2.52. The minimum atomic E-state index is -0.0809. The Kier molecular flexibility index (Phi) is 16.6. The van der Waals surface area contributed by atoms with E-state index in [0.717, 1.165) is 111 Å². The molecule has 0 radical (unpaired) electrons. The van der Waals surface area contributed by atoms with Gasteiger partial charge in [0, 0.05) is 89.1 Å². The monoisotopic (exact) mass is 1180 g/mol. The zero-order valence-electron chi connectivity index (χ0n) is 50.4. The van der Waals surface area contributed by atoms with Gasteiger partial charge in [0.1, 0.15) is 11.5 Å². The van der Waals surface area contributed by atoms with E-state index in [4.69, 9.17) is 4.74 Å². The van der Waals surface area contributed by atoms with Gasteiger partial charge in [-0.25, -0.2) is 0 Å². The van der Waals surface area contributed by atoms with Crippen LogP contribution < -0.4 is 4.74 Å². The molecule has 0 amide bonds. The largest absolute Gasteiger partial charge is 0.457 e. The molecule has 12 aromatic rings. The molecule has 2 aliphatic rings. The van der Waals surface area contributed by atoms with Crippen molar-refractivity contribution in [1.29, 1.82) is 0 Å². The summed E-state index contributed by atoms with van der Waals surface area (Å²) < 4.78 is 6.70. The first-order valence-corrected chi connectivity index (χ1v) is 30.7. The van der Waals surface area contributed by atoms with Crippen molar-refractivity contribution in [2.24, 2.45) is 0 Å². The number of benzene rings is 12. The van der Waals surface area contributed by atoms with E-state index < -0.39 is 0 Å². The van der Waals surface area contributed by atoms with E-state index >= 15 is 9.59 Å². The Morgan fingerprint density at radius 2 is 0.323 bits per heavy atom. The maximum absolute atomic E-state index is 15.5. The predicted molar refractivity (Wildman–Crippen MR) is 379 cm³/mol. The molecule has 0 heterocycles. The number of ether oxygens (including phenoxy) is 1. The number of carbonyl (C=O) groups excluding carboxylic acids is 2. The summed E-state index contributed by atoms with van der Waals surface area (Å²) in [6, 6.07) is 108. The maximum atomic E-state index is 15.5. The Bertz CT molecular complexity index is 4850. The average Bonchev–Trinajstić information content (AvgIpc) is 1.63. The molecular formula is C90H54O3. The van der Waals surface area contributed by atoms with E-state index in [2.05, 4.69) is 71.6 Å². The lowest BCUT2D eigenvalue weighted by Gasteiger charge is -2.15. The normalized spacial score (nSPS) is 12.5. The van der Waals surface area contributed by atoms with Crippen LogP contribution in [-0.2, 0) is 9.59 Å². The molecule has 0 aliphatic heterocycles. The van der Waals surface area contributed by atoms with Crippen molar-refractivity contribution in [3.8, 4) is 58.9 Å². The zero-order valence-corrected chi connectivity index (χ0v) is 50.4. The Morgan fingerprint density at radius 3 is 0.538 bits per heavy atom. The average molecular weight is 1180 g/mol. The van der Waals surface area contributed by atoms with Gasteiger partial charge in [-0.05, 0) is 166 Å². The fourth-order valence-electron chi connectivity index (χ4n) is 11.7. The quantitative estimate of drug-likeness (QED) is 0.128. The van der Waals surface area contributed by atoms with Crippen LogP contribution in [0.2, 0.25) is 0 Å². The van der Waals surface area contributed by atoms with Gasteiger partial charge in [-0.2, -0.15) is 0 Å². The smallest absolute Gasteiger partial charge is 0.195 e. The summed E-state index contributed by atoms with van der Waals surface area (Å²) >= 11 is 0. The Labute approximate surface area is 542 Å². The highest BCUT2D eigenvalue weighted by molar-refractivity contribution is 6.60. The standard InChI is InChI=1S/C90H54O3/c91-89-85(75-47-39-67(40-48-75)35-31-63-19-7-1-8-20-63)81(71-27-15-5-16-28-71)83(87(89)77-51-43-69(44-52-77)37-33-65-23-11-3-12-24-65)73-55-59-79(60-56-73)93-80-61-57-74(58-62-80)84-82(72-29-17-6-18-30-72)86(76-49-41-68(42-50-76)36-32-64-21-9-2-10-22-64)90(92)88(84)78-53-45-70(46-54-78)38-34-66-25-13-4-14-26-66/h1-30,39-62H. The summed E-state index contributed by atoms with van der Waals surface area (Å²) in [5, 5.41) is 0. The first-order valence-electron chi connectivity index (χ1n) is 30.7. The molecule has 3 nitrogen and oxygen atoms in total. The number of hydrogen-bond donors (Lipinski definition) is 0. The fourth-order valence-corrected chi connectivity index (χ4v) is 11.7. The summed E-state index contributed by atoms with van der Waals surface area (Å²) in [6.07, 6.45) is 0. The summed E-state index contributed by atoms with van der Waals surface area (Å²) in [5.74, 6) is 27.3. The number of Topliss-reactive ketones (excluding diaryl/α,β-unsaturated/α-hetero) is 2. The summed E-state index contributed by atoms with van der Waals surface area (Å²) in [5.41, 5.74) is 19.4. The second-order valence-electron chi connectivity index (χ2n) is 22.3. The SMILES string of the molecule is O=C1C(c2ccc(C#Cc3ccccc3)cc2)=C(c2ccccc2)C(c2ccc(Oc3ccc(C4=C(c5ccc(C#Cc6ccccc6)cc5)C(=O)C(c5ccc(C#Cc6ccccc6)cc5)=C4c4ccccc4)cc3)cc2)=C1c1ccc(C#Cc2ccccc2)cc1. The summed E-state index contributed by atoms with van der Waals surface area (Å²) in [6.45, 7) is 0. The van der Waals surface area contributed by atoms with Gasteiger partial charge in [0.2, 0.25) is 0 Å². The van der Waals surface area contributed by atoms with Crippen molar-refractivity contribution >= 4 is 56.2 Å². The molecule has 0 N–H and O–H groups in total. The van der Waals surface area contributed by atoms with Crippen LogP contribution in [0.15, 0.2) is 328 Å². The summed E-state index contributed by atoms with van der Waals surface area (Å²) in [7, 11) is 0. The van der Waals surface area contributed by atoms with Crippen molar-refractivity contribution in [2.75, 3.05) is 0 Å². The van der Waals surface area contributed by atoms with E-state index in [1.807, 2.05) is 303 Å². The van der Waals surface area contributed by atoms with Crippen LogP contribution in [0.25, 0.3) is 44.6 Å². The van der Waals surface area contributed by atoms with Crippen LogP contribution in [0, 0.1) is 47.4 Å². The molecule has 432 valence electrons. The first kappa shape index (κ1) is 57.7. The van der Waals surface area contributed by atoms with E-state index in [1.165, 1.54) is 0 Å². The third kappa shape index (κ3) is 12.8. The second-order valence-corrected chi connectivity index (χ2v) is 22.3. The van der Waals surface area contributed by atoms with Crippen molar-refractivity contribution in [1.82, 2.24) is 0 Å². The molecule has 0 atom stereocenters. The van der Waals surface area contributed by atoms with Crippen molar-refractivity contribution in [3.63, 3.8) is 0 Å². The molecule has 2 aliphatic carbocycles. The predicted octanol–water partition coefficient (Wildman–Crippen LogP) is 19.3. The molecule has 93 heavy (non-hydrogen) atoms. The number of hydrogen-bond acceptors (Lipinski definition) is 3. The highest BCUT2D eigenvalue weighted by atomic mass is 16.5. The molecule has 12 aromatic carbocycles. The Morgan fingerprint density at radius 1 is 0.161 bits per heavy atom. The van der Waals surface area contributed by atoms with Gasteiger partial charge in [-0.1, -0.05) is 254 Å². The third-order valence-corrected chi connectivity index (χ3v) is 16.2. The van der Waals surface area contributed by atoms with Crippen molar-refractivity contribution in [2.45, 2.75) is 0 Å². The Hall–Kier alpha value is -13.0. The number of allylic oxidation sites excluding steroid dienone is 8. The van der Waals surface area contributed by atoms with Crippen LogP contribution in [0.1, 0.15) is 89.0 Å². The molecule has 0 bridgehead atoms. The molecule has 3 heteroatoms. The van der Waals surface area contributed by atoms with Gasteiger partial charge < -0.3 is 4.74 Å². The van der Waals surface area contributed by atoms with Crippen LogP contribution in [0.3, 0.4) is 0 Å². The van der Waals surface area contributed by atoms with E-state index in [-0.39, 0.29) is 11.6 Å². The molecule has 0 spiro atoms. The van der Waals surface area contributed by atoms with Gasteiger partial charge >= 0.3 is 0 Å². The third-order valence-electron chi connectivity index (χ3n) is 16.2. The minimum Gasteiger partial charge on any atom is -0.457 e.